The summed E-state index contributed by atoms with van der Waals surface area (Å²) in [5.74, 6) is -1.02. The molecule has 1 aliphatic carbocycles. The Morgan fingerprint density at radius 3 is 2.40 bits per heavy atom. The number of carbonyl (C=O) groups excluding carboxylic acids is 1. The molecule has 2 fully saturated rings. The van der Waals surface area contributed by atoms with E-state index in [-0.39, 0.29) is 32.0 Å². The van der Waals surface area contributed by atoms with Crippen molar-refractivity contribution in [1.82, 2.24) is 10.2 Å². The molecule has 0 unspecified atom stereocenters. The minimum atomic E-state index is -1.24. The molecule has 1 heterocycles. The number of hydrogen-bond donors (Lipinski definition) is 3. The normalized spacial score (nSPS) is 21.9. The molecule has 7 heteroatoms. The lowest BCUT2D eigenvalue weighted by Crippen LogP contribution is -2.62. The maximum atomic E-state index is 12.3. The second-order valence-electron chi connectivity index (χ2n) is 5.43. The lowest BCUT2D eigenvalue weighted by Gasteiger charge is -2.41. The monoisotopic (exact) mass is 286 g/mol. The highest BCUT2D eigenvalue weighted by Gasteiger charge is 2.43. The average molecular weight is 286 g/mol. The second kappa shape index (κ2) is 6.41. The van der Waals surface area contributed by atoms with Crippen molar-refractivity contribution >= 4 is 12.0 Å². The fourth-order valence-electron chi connectivity index (χ4n) is 2.64. The van der Waals surface area contributed by atoms with Crippen molar-refractivity contribution in [1.29, 1.82) is 0 Å². The molecule has 2 rings (SSSR count). The number of carboxylic acids is 1. The standard InChI is InChI=1S/C13H22N2O5/c16-7-6-15(10-2-1-3-10)12(19)14-13(11(17)18)4-8-20-9-5-13/h10,16H,1-9H2,(H,14,19)(H,17,18). The minimum Gasteiger partial charge on any atom is -0.480 e. The predicted octanol–water partition coefficient (Wildman–Crippen LogP) is 0.177. The van der Waals surface area contributed by atoms with Gasteiger partial charge in [0.15, 0.2) is 0 Å². The average Bonchev–Trinajstić information content (AvgIpc) is 2.37. The fourth-order valence-corrected chi connectivity index (χ4v) is 2.64. The number of carbonyl (C=O) groups is 2. The first-order valence-electron chi connectivity index (χ1n) is 7.10. The molecule has 7 nitrogen and oxygen atoms in total. The highest BCUT2D eigenvalue weighted by atomic mass is 16.5. The third kappa shape index (κ3) is 3.04. The zero-order chi connectivity index (χ0) is 14.6. The highest BCUT2D eigenvalue weighted by Crippen LogP contribution is 2.26. The molecule has 20 heavy (non-hydrogen) atoms. The van der Waals surface area contributed by atoms with Crippen molar-refractivity contribution in [2.24, 2.45) is 0 Å². The van der Waals surface area contributed by atoms with Gasteiger partial charge in [0, 0.05) is 38.6 Å². The number of carboxylic acid groups (broad SMARTS) is 1. The van der Waals surface area contributed by atoms with Crippen LogP contribution in [0.2, 0.25) is 0 Å². The molecule has 0 aromatic rings. The number of urea groups is 1. The first-order chi connectivity index (χ1) is 9.59. The Labute approximate surface area is 117 Å². The van der Waals surface area contributed by atoms with Crippen LogP contribution in [0.25, 0.3) is 0 Å². The van der Waals surface area contributed by atoms with E-state index >= 15 is 0 Å². The highest BCUT2D eigenvalue weighted by molar-refractivity contribution is 5.86. The van der Waals surface area contributed by atoms with E-state index < -0.39 is 17.5 Å². The van der Waals surface area contributed by atoms with Gasteiger partial charge in [-0.2, -0.15) is 0 Å². The Hall–Kier alpha value is -1.34. The van der Waals surface area contributed by atoms with Crippen LogP contribution in [-0.2, 0) is 9.53 Å². The van der Waals surface area contributed by atoms with Crippen molar-refractivity contribution in [3.8, 4) is 0 Å². The number of nitrogens with one attached hydrogen (secondary N) is 1. The van der Waals surface area contributed by atoms with Crippen molar-refractivity contribution < 1.29 is 24.5 Å². The molecule has 0 spiro atoms. The summed E-state index contributed by atoms with van der Waals surface area (Å²) in [6.45, 7) is 0.780. The van der Waals surface area contributed by atoms with Crippen LogP contribution in [0.4, 0.5) is 4.79 Å². The van der Waals surface area contributed by atoms with Gasteiger partial charge in [0.25, 0.3) is 0 Å². The van der Waals surface area contributed by atoms with E-state index in [0.717, 1.165) is 19.3 Å². The van der Waals surface area contributed by atoms with E-state index in [2.05, 4.69) is 5.32 Å². The Morgan fingerprint density at radius 1 is 1.30 bits per heavy atom. The van der Waals surface area contributed by atoms with Gasteiger partial charge >= 0.3 is 12.0 Å². The number of aliphatic hydroxyl groups excluding tert-OH is 1. The van der Waals surface area contributed by atoms with E-state index in [9.17, 15) is 14.7 Å². The molecule has 0 atom stereocenters. The summed E-state index contributed by atoms with van der Waals surface area (Å²) in [6, 6.07) is -0.277. The molecule has 2 aliphatic rings. The van der Waals surface area contributed by atoms with Crippen molar-refractivity contribution in [3.05, 3.63) is 0 Å². The van der Waals surface area contributed by atoms with Crippen LogP contribution in [0.3, 0.4) is 0 Å². The Bertz CT molecular complexity index is 364. The Kier molecular flexibility index (Phi) is 4.82. The summed E-state index contributed by atoms with van der Waals surface area (Å²) < 4.78 is 5.18. The second-order valence-corrected chi connectivity index (χ2v) is 5.43. The van der Waals surface area contributed by atoms with E-state index in [4.69, 9.17) is 9.84 Å². The van der Waals surface area contributed by atoms with Crippen LogP contribution in [0.15, 0.2) is 0 Å². The molecule has 0 bridgehead atoms. The van der Waals surface area contributed by atoms with Crippen LogP contribution in [0.1, 0.15) is 32.1 Å². The summed E-state index contributed by atoms with van der Waals surface area (Å²) in [7, 11) is 0. The number of amides is 2. The number of hydrogen-bond acceptors (Lipinski definition) is 4. The number of nitrogens with zero attached hydrogens (tertiary/aromatic N) is 1. The Morgan fingerprint density at radius 2 is 1.95 bits per heavy atom. The smallest absolute Gasteiger partial charge is 0.329 e. The summed E-state index contributed by atoms with van der Waals surface area (Å²) in [5.41, 5.74) is -1.24. The topological polar surface area (TPSA) is 99.1 Å². The zero-order valence-electron chi connectivity index (χ0n) is 11.5. The molecule has 0 aromatic heterocycles. The molecule has 3 N–H and O–H groups in total. The van der Waals surface area contributed by atoms with E-state index in [1.165, 1.54) is 0 Å². The molecule has 0 radical (unpaired) electrons. The molecular weight excluding hydrogens is 264 g/mol. The van der Waals surface area contributed by atoms with Gasteiger partial charge in [-0.15, -0.1) is 0 Å². The first kappa shape index (κ1) is 15.1. The minimum absolute atomic E-state index is 0.118. The third-order valence-corrected chi connectivity index (χ3v) is 4.22. The summed E-state index contributed by atoms with van der Waals surface area (Å²) >= 11 is 0. The van der Waals surface area contributed by atoms with Gasteiger partial charge in [0.1, 0.15) is 5.54 Å². The number of rotatable bonds is 5. The van der Waals surface area contributed by atoms with Crippen LogP contribution >= 0.6 is 0 Å². The first-order valence-corrected chi connectivity index (χ1v) is 7.10. The summed E-state index contributed by atoms with van der Waals surface area (Å²) in [5, 5.41) is 21.2. The van der Waals surface area contributed by atoms with E-state index in [1.807, 2.05) is 0 Å². The van der Waals surface area contributed by atoms with Crippen molar-refractivity contribution in [2.75, 3.05) is 26.4 Å². The van der Waals surface area contributed by atoms with Crippen LogP contribution < -0.4 is 5.32 Å². The molecule has 1 aliphatic heterocycles. The quantitative estimate of drug-likeness (QED) is 0.669. The zero-order valence-corrected chi connectivity index (χ0v) is 11.5. The number of aliphatic carboxylic acids is 1. The van der Waals surface area contributed by atoms with Crippen molar-refractivity contribution in [2.45, 2.75) is 43.7 Å². The van der Waals surface area contributed by atoms with Crippen LogP contribution in [0, 0.1) is 0 Å². The summed E-state index contributed by atoms with van der Waals surface area (Å²) in [4.78, 5) is 25.4. The van der Waals surface area contributed by atoms with Gasteiger partial charge in [-0.1, -0.05) is 0 Å². The predicted molar refractivity (Wildman–Crippen MR) is 70.4 cm³/mol. The van der Waals surface area contributed by atoms with Gasteiger partial charge in [-0.3, -0.25) is 0 Å². The van der Waals surface area contributed by atoms with E-state index in [0.29, 0.717) is 13.2 Å². The van der Waals surface area contributed by atoms with Crippen LogP contribution in [0.5, 0.6) is 0 Å². The SMILES string of the molecule is O=C(NC1(C(=O)O)CCOCC1)N(CCO)C1CCC1. The van der Waals surface area contributed by atoms with Gasteiger partial charge < -0.3 is 25.2 Å². The Balaban J connectivity index is 2.04. The largest absolute Gasteiger partial charge is 0.480 e. The molecule has 1 saturated carbocycles. The number of ether oxygens (including phenoxy) is 1. The summed E-state index contributed by atoms with van der Waals surface area (Å²) in [6.07, 6.45) is 3.43. The van der Waals surface area contributed by atoms with Crippen LogP contribution in [-0.4, -0.2) is 65.1 Å². The van der Waals surface area contributed by atoms with Gasteiger partial charge in [-0.25, -0.2) is 9.59 Å². The fraction of sp³-hybridized carbons (Fsp3) is 0.846. The molecular formula is C13H22N2O5. The molecule has 2 amide bonds. The third-order valence-electron chi connectivity index (χ3n) is 4.22. The van der Waals surface area contributed by atoms with Crippen molar-refractivity contribution in [3.63, 3.8) is 0 Å². The maximum Gasteiger partial charge on any atom is 0.329 e. The number of aliphatic hydroxyl groups is 1. The lowest BCUT2D eigenvalue weighted by atomic mass is 9.89. The van der Waals surface area contributed by atoms with Gasteiger partial charge in [0.05, 0.1) is 6.61 Å². The molecule has 0 aromatic carbocycles. The van der Waals surface area contributed by atoms with Gasteiger partial charge in [0.2, 0.25) is 0 Å². The molecule has 114 valence electrons. The maximum absolute atomic E-state index is 12.3. The molecule has 1 saturated heterocycles. The lowest BCUT2D eigenvalue weighted by molar-refractivity contribution is -0.148. The van der Waals surface area contributed by atoms with Gasteiger partial charge in [-0.05, 0) is 19.3 Å². The van der Waals surface area contributed by atoms with E-state index in [1.54, 1.807) is 4.90 Å².